The molecule has 0 radical (unpaired) electrons. The molecule has 2 amide bonds. The standard InChI is InChI=1S/C21H24N2O3/c24-12-10-17-7-3-4-11-22(17)19-14-20(25)23(21(19)26)18-9-8-15-5-1-2-6-16(15)13-18/h1-2,5-6,8-9,13,17,19,24H,3-4,7,10-12,14H2/t17-,19-/m0/s1. The molecule has 2 fully saturated rings. The summed E-state index contributed by atoms with van der Waals surface area (Å²) in [6, 6.07) is 13.4. The van der Waals surface area contributed by atoms with Crippen LogP contribution in [-0.4, -0.2) is 47.1 Å². The third-order valence-electron chi connectivity index (χ3n) is 5.65. The molecule has 2 heterocycles. The van der Waals surface area contributed by atoms with Crippen LogP contribution in [0, 0.1) is 0 Å². The monoisotopic (exact) mass is 352 g/mol. The number of fused-ring (bicyclic) bond motifs is 1. The van der Waals surface area contributed by atoms with E-state index in [-0.39, 0.29) is 30.9 Å². The van der Waals surface area contributed by atoms with Crippen molar-refractivity contribution in [2.45, 2.75) is 44.2 Å². The van der Waals surface area contributed by atoms with Gasteiger partial charge < -0.3 is 5.11 Å². The van der Waals surface area contributed by atoms with Crippen molar-refractivity contribution in [2.24, 2.45) is 0 Å². The maximum Gasteiger partial charge on any atom is 0.251 e. The first-order valence-electron chi connectivity index (χ1n) is 9.41. The van der Waals surface area contributed by atoms with Crippen LogP contribution in [0.1, 0.15) is 32.1 Å². The molecule has 0 aliphatic carbocycles. The molecule has 0 unspecified atom stereocenters. The van der Waals surface area contributed by atoms with Crippen molar-refractivity contribution in [1.29, 1.82) is 0 Å². The lowest BCUT2D eigenvalue weighted by Gasteiger charge is -2.38. The highest BCUT2D eigenvalue weighted by Gasteiger charge is 2.44. The van der Waals surface area contributed by atoms with Crippen LogP contribution in [0.2, 0.25) is 0 Å². The number of aliphatic hydroxyl groups excluding tert-OH is 1. The van der Waals surface area contributed by atoms with E-state index in [1.54, 1.807) is 0 Å². The zero-order valence-corrected chi connectivity index (χ0v) is 14.8. The van der Waals surface area contributed by atoms with Crippen LogP contribution < -0.4 is 4.90 Å². The first-order chi connectivity index (χ1) is 12.7. The van der Waals surface area contributed by atoms with Gasteiger partial charge in [0.1, 0.15) is 0 Å². The smallest absolute Gasteiger partial charge is 0.251 e. The molecule has 26 heavy (non-hydrogen) atoms. The molecule has 2 aliphatic rings. The Balaban J connectivity index is 1.61. The molecule has 2 aromatic rings. The summed E-state index contributed by atoms with van der Waals surface area (Å²) in [6.07, 6.45) is 4.02. The molecule has 2 aromatic carbocycles. The molecule has 136 valence electrons. The number of hydrogen-bond donors (Lipinski definition) is 1. The van der Waals surface area contributed by atoms with Crippen molar-refractivity contribution in [3.63, 3.8) is 0 Å². The van der Waals surface area contributed by atoms with E-state index in [4.69, 9.17) is 0 Å². The van der Waals surface area contributed by atoms with Gasteiger partial charge in [-0.15, -0.1) is 0 Å². The predicted molar refractivity (Wildman–Crippen MR) is 101 cm³/mol. The zero-order chi connectivity index (χ0) is 18.1. The second-order valence-electron chi connectivity index (χ2n) is 7.22. The molecule has 5 heteroatoms. The minimum Gasteiger partial charge on any atom is -0.396 e. The van der Waals surface area contributed by atoms with E-state index in [2.05, 4.69) is 4.90 Å². The summed E-state index contributed by atoms with van der Waals surface area (Å²) < 4.78 is 0. The van der Waals surface area contributed by atoms with Crippen molar-refractivity contribution in [3.05, 3.63) is 42.5 Å². The summed E-state index contributed by atoms with van der Waals surface area (Å²) in [4.78, 5) is 29.3. The number of amides is 2. The molecule has 0 spiro atoms. The van der Waals surface area contributed by atoms with Crippen molar-refractivity contribution < 1.29 is 14.7 Å². The Bertz CT molecular complexity index is 833. The van der Waals surface area contributed by atoms with Gasteiger partial charge in [-0.05, 0) is 48.7 Å². The molecule has 2 aliphatic heterocycles. The summed E-state index contributed by atoms with van der Waals surface area (Å²) >= 11 is 0. The second-order valence-corrected chi connectivity index (χ2v) is 7.22. The van der Waals surface area contributed by atoms with Crippen LogP contribution in [-0.2, 0) is 9.59 Å². The molecule has 1 N–H and O–H groups in total. The minimum absolute atomic E-state index is 0.115. The highest BCUT2D eigenvalue weighted by atomic mass is 16.3. The Kier molecular flexibility index (Phi) is 4.74. The molecular weight excluding hydrogens is 328 g/mol. The maximum atomic E-state index is 13.1. The average molecular weight is 352 g/mol. The number of likely N-dealkylation sites (tertiary alicyclic amines) is 1. The number of carbonyl (C=O) groups is 2. The lowest BCUT2D eigenvalue weighted by Crippen LogP contribution is -2.50. The number of hydrogen-bond acceptors (Lipinski definition) is 4. The number of carbonyl (C=O) groups excluding carboxylic acids is 2. The maximum absolute atomic E-state index is 13.1. The average Bonchev–Trinajstić information content (AvgIpc) is 2.96. The van der Waals surface area contributed by atoms with Crippen molar-refractivity contribution in [2.75, 3.05) is 18.1 Å². The summed E-state index contributed by atoms with van der Waals surface area (Å²) in [7, 11) is 0. The Morgan fingerprint density at radius 1 is 1.04 bits per heavy atom. The molecule has 2 saturated heterocycles. The topological polar surface area (TPSA) is 60.9 Å². The Hall–Kier alpha value is -2.24. The molecule has 5 nitrogen and oxygen atoms in total. The van der Waals surface area contributed by atoms with Gasteiger partial charge >= 0.3 is 0 Å². The van der Waals surface area contributed by atoms with Crippen LogP contribution in [0.3, 0.4) is 0 Å². The van der Waals surface area contributed by atoms with Gasteiger partial charge in [0.2, 0.25) is 5.91 Å². The molecule has 4 rings (SSSR count). The van der Waals surface area contributed by atoms with Gasteiger partial charge in [0.25, 0.3) is 5.91 Å². The summed E-state index contributed by atoms with van der Waals surface area (Å²) in [5.41, 5.74) is 0.650. The van der Waals surface area contributed by atoms with Gasteiger partial charge in [-0.1, -0.05) is 36.8 Å². The number of rotatable bonds is 4. The number of piperidine rings is 1. The van der Waals surface area contributed by atoms with Gasteiger partial charge in [-0.2, -0.15) is 0 Å². The molecule has 0 aromatic heterocycles. The summed E-state index contributed by atoms with van der Waals surface area (Å²) in [5, 5.41) is 11.4. The van der Waals surface area contributed by atoms with Crippen LogP contribution >= 0.6 is 0 Å². The van der Waals surface area contributed by atoms with E-state index < -0.39 is 6.04 Å². The van der Waals surface area contributed by atoms with E-state index in [0.29, 0.717) is 12.1 Å². The molecular formula is C21H24N2O3. The van der Waals surface area contributed by atoms with Crippen molar-refractivity contribution in [1.82, 2.24) is 4.90 Å². The quantitative estimate of drug-likeness (QED) is 0.860. The Morgan fingerprint density at radius 3 is 2.65 bits per heavy atom. The second kappa shape index (κ2) is 7.17. The van der Waals surface area contributed by atoms with E-state index in [0.717, 1.165) is 36.6 Å². The van der Waals surface area contributed by atoms with Crippen molar-refractivity contribution >= 4 is 28.3 Å². The lowest BCUT2D eigenvalue weighted by atomic mass is 9.97. The summed E-state index contributed by atoms with van der Waals surface area (Å²) in [5.74, 6) is -0.265. The fourth-order valence-corrected chi connectivity index (χ4v) is 4.35. The fourth-order valence-electron chi connectivity index (χ4n) is 4.35. The van der Waals surface area contributed by atoms with Gasteiger partial charge in [-0.25, -0.2) is 4.90 Å². The minimum atomic E-state index is -0.397. The van der Waals surface area contributed by atoms with E-state index in [1.807, 2.05) is 42.5 Å². The fraction of sp³-hybridized carbons (Fsp3) is 0.429. The number of benzene rings is 2. The van der Waals surface area contributed by atoms with Crippen LogP contribution in [0.25, 0.3) is 10.8 Å². The molecule has 0 saturated carbocycles. The zero-order valence-electron chi connectivity index (χ0n) is 14.8. The SMILES string of the molecule is O=C1C[C@H](N2CCCC[C@H]2CCO)C(=O)N1c1ccc2ccccc2c1. The van der Waals surface area contributed by atoms with Crippen LogP contribution in [0.4, 0.5) is 5.69 Å². The highest BCUT2D eigenvalue weighted by Crippen LogP contribution is 2.32. The third-order valence-corrected chi connectivity index (χ3v) is 5.65. The Morgan fingerprint density at radius 2 is 1.85 bits per heavy atom. The van der Waals surface area contributed by atoms with Crippen LogP contribution in [0.5, 0.6) is 0 Å². The van der Waals surface area contributed by atoms with Gasteiger partial charge in [-0.3, -0.25) is 14.5 Å². The first kappa shape index (κ1) is 17.2. The van der Waals surface area contributed by atoms with Crippen LogP contribution in [0.15, 0.2) is 42.5 Å². The molecule has 2 atom stereocenters. The predicted octanol–water partition coefficient (Wildman–Crippen LogP) is 2.71. The van der Waals surface area contributed by atoms with E-state index >= 15 is 0 Å². The number of imide groups is 1. The third kappa shape index (κ3) is 3.02. The highest BCUT2D eigenvalue weighted by molar-refractivity contribution is 6.22. The number of aliphatic hydroxyl groups is 1. The normalized spacial score (nSPS) is 24.6. The summed E-state index contributed by atoms with van der Waals surface area (Å²) in [6.45, 7) is 0.935. The molecule has 0 bridgehead atoms. The van der Waals surface area contributed by atoms with E-state index in [1.165, 1.54) is 4.90 Å². The first-order valence-corrected chi connectivity index (χ1v) is 9.41. The lowest BCUT2D eigenvalue weighted by molar-refractivity contribution is -0.123. The van der Waals surface area contributed by atoms with Gasteiger partial charge in [0.05, 0.1) is 18.2 Å². The van der Waals surface area contributed by atoms with E-state index in [9.17, 15) is 14.7 Å². The van der Waals surface area contributed by atoms with Gasteiger partial charge in [0.15, 0.2) is 0 Å². The number of anilines is 1. The van der Waals surface area contributed by atoms with Crippen molar-refractivity contribution in [3.8, 4) is 0 Å². The number of nitrogens with zero attached hydrogens (tertiary/aromatic N) is 2. The Labute approximate surface area is 153 Å². The largest absolute Gasteiger partial charge is 0.396 e. The van der Waals surface area contributed by atoms with Gasteiger partial charge in [0, 0.05) is 12.6 Å².